The minimum absolute atomic E-state index is 0.0303. The topological polar surface area (TPSA) is 66.8 Å². The molecule has 0 aliphatic carbocycles. The first-order valence-electron chi connectivity index (χ1n) is 6.29. The molecule has 0 saturated heterocycles. The molecule has 2 N–H and O–H groups in total. The van der Waals surface area contributed by atoms with E-state index in [1.807, 2.05) is 30.3 Å². The SMILES string of the molecule is CCCSC(c1ccccc1)C(O)COCC(=O)O. The fraction of sp³-hybridized carbons (Fsp3) is 0.500. The van der Waals surface area contributed by atoms with Gasteiger partial charge in [-0.1, -0.05) is 37.3 Å². The maximum Gasteiger partial charge on any atom is 0.329 e. The Morgan fingerprint density at radius 3 is 2.63 bits per heavy atom. The molecule has 19 heavy (non-hydrogen) atoms. The molecule has 5 heteroatoms. The van der Waals surface area contributed by atoms with Gasteiger partial charge in [0.05, 0.1) is 18.0 Å². The number of rotatable bonds is 9. The minimum Gasteiger partial charge on any atom is -0.480 e. The van der Waals surface area contributed by atoms with Crippen LogP contribution in [0.3, 0.4) is 0 Å². The van der Waals surface area contributed by atoms with Crippen molar-refractivity contribution in [2.45, 2.75) is 24.7 Å². The summed E-state index contributed by atoms with van der Waals surface area (Å²) >= 11 is 1.66. The van der Waals surface area contributed by atoms with E-state index in [1.54, 1.807) is 11.8 Å². The van der Waals surface area contributed by atoms with E-state index in [0.717, 1.165) is 17.7 Å². The number of carboxylic acids is 1. The summed E-state index contributed by atoms with van der Waals surface area (Å²) in [4.78, 5) is 10.4. The molecule has 1 rings (SSSR count). The van der Waals surface area contributed by atoms with Crippen molar-refractivity contribution in [1.29, 1.82) is 0 Å². The third-order valence-electron chi connectivity index (χ3n) is 2.49. The number of aliphatic carboxylic acids is 1. The van der Waals surface area contributed by atoms with E-state index in [-0.39, 0.29) is 18.5 Å². The lowest BCUT2D eigenvalue weighted by Gasteiger charge is -2.22. The van der Waals surface area contributed by atoms with Crippen molar-refractivity contribution in [3.05, 3.63) is 35.9 Å². The molecule has 0 fully saturated rings. The van der Waals surface area contributed by atoms with Crippen LogP contribution in [0.4, 0.5) is 0 Å². The Bertz CT molecular complexity index is 369. The van der Waals surface area contributed by atoms with Gasteiger partial charge in [-0.2, -0.15) is 11.8 Å². The molecule has 0 bridgehead atoms. The van der Waals surface area contributed by atoms with Gasteiger partial charge in [-0.25, -0.2) is 4.79 Å². The van der Waals surface area contributed by atoms with Gasteiger partial charge in [0.25, 0.3) is 0 Å². The number of carboxylic acid groups (broad SMARTS) is 1. The molecule has 0 spiro atoms. The summed E-state index contributed by atoms with van der Waals surface area (Å²) in [6.07, 6.45) is 0.315. The van der Waals surface area contributed by atoms with E-state index < -0.39 is 12.1 Å². The van der Waals surface area contributed by atoms with E-state index in [4.69, 9.17) is 9.84 Å². The van der Waals surface area contributed by atoms with Crippen molar-refractivity contribution in [3.63, 3.8) is 0 Å². The van der Waals surface area contributed by atoms with Crippen LogP contribution >= 0.6 is 11.8 Å². The van der Waals surface area contributed by atoms with Crippen LogP contribution in [0.1, 0.15) is 24.2 Å². The van der Waals surface area contributed by atoms with Crippen molar-refractivity contribution < 1.29 is 19.7 Å². The first-order chi connectivity index (χ1) is 9.15. The first kappa shape index (κ1) is 16.0. The quantitative estimate of drug-likeness (QED) is 0.728. The van der Waals surface area contributed by atoms with Crippen LogP contribution in [0.2, 0.25) is 0 Å². The number of aliphatic hydroxyl groups is 1. The van der Waals surface area contributed by atoms with Gasteiger partial charge < -0.3 is 14.9 Å². The number of benzene rings is 1. The molecule has 0 saturated carbocycles. The van der Waals surface area contributed by atoms with Crippen LogP contribution in [0, 0.1) is 0 Å². The van der Waals surface area contributed by atoms with Crippen LogP contribution in [0.25, 0.3) is 0 Å². The highest BCUT2D eigenvalue weighted by Crippen LogP contribution is 2.32. The average Bonchev–Trinajstić information content (AvgIpc) is 2.40. The monoisotopic (exact) mass is 284 g/mol. The third kappa shape index (κ3) is 6.09. The molecule has 0 heterocycles. The van der Waals surface area contributed by atoms with Crippen molar-refractivity contribution in [1.82, 2.24) is 0 Å². The predicted molar refractivity (Wildman–Crippen MR) is 76.4 cm³/mol. The lowest BCUT2D eigenvalue weighted by Crippen LogP contribution is -2.24. The molecule has 0 aliphatic rings. The van der Waals surface area contributed by atoms with Gasteiger partial charge in [0.1, 0.15) is 6.61 Å². The molecule has 0 amide bonds. The van der Waals surface area contributed by atoms with Crippen LogP contribution in [-0.4, -0.2) is 41.3 Å². The summed E-state index contributed by atoms with van der Waals surface area (Å²) in [7, 11) is 0. The highest BCUT2D eigenvalue weighted by atomic mass is 32.2. The lowest BCUT2D eigenvalue weighted by atomic mass is 10.1. The summed E-state index contributed by atoms with van der Waals surface area (Å²) < 4.78 is 4.98. The molecular weight excluding hydrogens is 264 g/mol. The molecular formula is C14H20O4S. The predicted octanol–water partition coefficient (Wildman–Crippen LogP) is 2.33. The fourth-order valence-electron chi connectivity index (χ4n) is 1.67. The molecule has 1 aromatic carbocycles. The molecule has 2 unspecified atom stereocenters. The standard InChI is InChI=1S/C14H20O4S/c1-2-8-19-14(11-6-4-3-5-7-11)12(15)9-18-10-13(16)17/h3-7,12,14-15H,2,8-10H2,1H3,(H,16,17). The van der Waals surface area contributed by atoms with Gasteiger partial charge in [0.15, 0.2) is 0 Å². The molecule has 0 radical (unpaired) electrons. The summed E-state index contributed by atoms with van der Waals surface area (Å²) in [5.41, 5.74) is 1.03. The zero-order valence-electron chi connectivity index (χ0n) is 11.0. The molecule has 0 aromatic heterocycles. The first-order valence-corrected chi connectivity index (χ1v) is 7.34. The summed E-state index contributed by atoms with van der Waals surface area (Å²) in [6.45, 7) is 1.74. The Kier molecular flexibility index (Phi) is 7.55. The van der Waals surface area contributed by atoms with Gasteiger partial charge in [0, 0.05) is 0 Å². The highest BCUT2D eigenvalue weighted by Gasteiger charge is 2.21. The van der Waals surface area contributed by atoms with Gasteiger partial charge in [-0.3, -0.25) is 0 Å². The molecule has 4 nitrogen and oxygen atoms in total. The van der Waals surface area contributed by atoms with E-state index >= 15 is 0 Å². The number of ether oxygens (including phenoxy) is 1. The van der Waals surface area contributed by atoms with Crippen LogP contribution < -0.4 is 0 Å². The second kappa shape index (κ2) is 8.96. The summed E-state index contributed by atoms with van der Waals surface area (Å²) in [5, 5.41) is 18.6. The third-order valence-corrected chi connectivity index (χ3v) is 4.08. The molecule has 106 valence electrons. The summed E-state index contributed by atoms with van der Waals surface area (Å²) in [5.74, 6) is -0.0834. The van der Waals surface area contributed by atoms with E-state index in [9.17, 15) is 9.90 Å². The largest absolute Gasteiger partial charge is 0.480 e. The molecule has 1 aromatic rings. The number of aliphatic hydroxyl groups excluding tert-OH is 1. The van der Waals surface area contributed by atoms with Crippen LogP contribution in [-0.2, 0) is 9.53 Å². The number of carbonyl (C=O) groups is 1. The number of hydrogen-bond donors (Lipinski definition) is 2. The Morgan fingerprint density at radius 2 is 2.05 bits per heavy atom. The normalized spacial score (nSPS) is 14.0. The Labute approximate surface area is 117 Å². The van der Waals surface area contributed by atoms with Crippen LogP contribution in [0.5, 0.6) is 0 Å². The summed E-state index contributed by atoms with van der Waals surface area (Å²) in [6, 6.07) is 9.72. The smallest absolute Gasteiger partial charge is 0.329 e. The van der Waals surface area contributed by atoms with E-state index in [1.165, 1.54) is 0 Å². The van der Waals surface area contributed by atoms with Crippen LogP contribution in [0.15, 0.2) is 30.3 Å². The van der Waals surface area contributed by atoms with Gasteiger partial charge in [0.2, 0.25) is 0 Å². The maximum absolute atomic E-state index is 10.4. The van der Waals surface area contributed by atoms with Gasteiger partial charge >= 0.3 is 5.97 Å². The van der Waals surface area contributed by atoms with Crippen molar-refractivity contribution >= 4 is 17.7 Å². The van der Waals surface area contributed by atoms with E-state index in [2.05, 4.69) is 6.92 Å². The zero-order chi connectivity index (χ0) is 14.1. The number of thioether (sulfide) groups is 1. The maximum atomic E-state index is 10.4. The minimum atomic E-state index is -1.02. The van der Waals surface area contributed by atoms with Crippen molar-refractivity contribution in [2.24, 2.45) is 0 Å². The van der Waals surface area contributed by atoms with Gasteiger partial charge in [-0.05, 0) is 17.7 Å². The van der Waals surface area contributed by atoms with E-state index in [0.29, 0.717) is 0 Å². The van der Waals surface area contributed by atoms with Crippen molar-refractivity contribution in [3.8, 4) is 0 Å². The Hall–Kier alpha value is -1.04. The fourth-order valence-corrected chi connectivity index (χ4v) is 2.81. The Balaban J connectivity index is 2.60. The lowest BCUT2D eigenvalue weighted by molar-refractivity contribution is -0.143. The average molecular weight is 284 g/mol. The zero-order valence-corrected chi connectivity index (χ0v) is 11.8. The highest BCUT2D eigenvalue weighted by molar-refractivity contribution is 7.99. The molecule has 0 aliphatic heterocycles. The molecule has 2 atom stereocenters. The van der Waals surface area contributed by atoms with Gasteiger partial charge in [-0.15, -0.1) is 0 Å². The second-order valence-electron chi connectivity index (χ2n) is 4.18. The Morgan fingerprint density at radius 1 is 1.37 bits per heavy atom. The second-order valence-corrected chi connectivity index (χ2v) is 5.43. The number of hydrogen-bond acceptors (Lipinski definition) is 4. The van der Waals surface area contributed by atoms with Crippen molar-refractivity contribution in [2.75, 3.05) is 19.0 Å².